The SMILES string of the molecule is O=C(O)C(F)(F)F.O=C(O)CCSSCCNC(=O)C1(c2ccc3c(c2)OCCO3)CC1. The number of amides is 1. The number of carboxylic acids is 2. The maximum atomic E-state index is 12.6. The predicted molar refractivity (Wildman–Crippen MR) is 112 cm³/mol. The van der Waals surface area contributed by atoms with Gasteiger partial charge >= 0.3 is 18.1 Å². The Hall–Kier alpha value is -2.28. The number of ether oxygens (including phenoxy) is 2. The van der Waals surface area contributed by atoms with Crippen LogP contribution in [0.15, 0.2) is 18.2 Å². The van der Waals surface area contributed by atoms with Crippen LogP contribution in [0.5, 0.6) is 11.5 Å². The molecular weight excluding hydrogens is 475 g/mol. The van der Waals surface area contributed by atoms with Crippen LogP contribution in [0.3, 0.4) is 0 Å². The number of aliphatic carboxylic acids is 2. The van der Waals surface area contributed by atoms with Crippen LogP contribution in [0.4, 0.5) is 13.2 Å². The van der Waals surface area contributed by atoms with Crippen LogP contribution in [0.25, 0.3) is 0 Å². The van der Waals surface area contributed by atoms with Crippen molar-refractivity contribution >= 4 is 39.4 Å². The van der Waals surface area contributed by atoms with E-state index in [0.29, 0.717) is 31.3 Å². The molecule has 0 saturated heterocycles. The molecule has 178 valence electrons. The van der Waals surface area contributed by atoms with Crippen molar-refractivity contribution in [2.24, 2.45) is 0 Å². The molecule has 0 spiro atoms. The minimum absolute atomic E-state index is 0.0558. The molecule has 1 aliphatic carbocycles. The van der Waals surface area contributed by atoms with Crippen molar-refractivity contribution in [3.05, 3.63) is 23.8 Å². The highest BCUT2D eigenvalue weighted by atomic mass is 33.1. The van der Waals surface area contributed by atoms with E-state index in [-0.39, 0.29) is 12.3 Å². The fraction of sp³-hybridized carbons (Fsp3) is 0.526. The van der Waals surface area contributed by atoms with Crippen LogP contribution in [0.2, 0.25) is 0 Å². The van der Waals surface area contributed by atoms with Gasteiger partial charge in [-0.05, 0) is 30.5 Å². The van der Waals surface area contributed by atoms with E-state index in [9.17, 15) is 22.8 Å². The van der Waals surface area contributed by atoms with Gasteiger partial charge in [-0.15, -0.1) is 0 Å². The summed E-state index contributed by atoms with van der Waals surface area (Å²) in [6, 6.07) is 5.76. The van der Waals surface area contributed by atoms with Gasteiger partial charge in [-0.2, -0.15) is 13.2 Å². The molecule has 13 heteroatoms. The summed E-state index contributed by atoms with van der Waals surface area (Å²) in [5.41, 5.74) is 0.550. The Balaban J connectivity index is 0.000000451. The third kappa shape index (κ3) is 7.69. The van der Waals surface area contributed by atoms with Crippen LogP contribution in [-0.4, -0.2) is 65.5 Å². The molecule has 0 radical (unpaired) electrons. The van der Waals surface area contributed by atoms with Gasteiger partial charge in [-0.25, -0.2) is 4.79 Å². The summed E-state index contributed by atoms with van der Waals surface area (Å²) in [7, 11) is 3.11. The summed E-state index contributed by atoms with van der Waals surface area (Å²) < 4.78 is 42.9. The van der Waals surface area contributed by atoms with Gasteiger partial charge in [0.05, 0.1) is 11.8 Å². The molecule has 1 heterocycles. The minimum atomic E-state index is -5.08. The standard InChI is InChI=1S/C17H21NO5S2.C2HF3O2/c19-15(20)3-9-24-25-10-6-18-16(21)17(4-5-17)12-1-2-13-14(11-12)23-8-7-22-13;3-2(4,5)1(6)7/h1-2,11H,3-10H2,(H,18,21)(H,19,20);(H,6,7). The molecule has 2 aliphatic rings. The molecule has 32 heavy (non-hydrogen) atoms. The number of alkyl halides is 3. The second kappa shape index (κ2) is 11.5. The first kappa shape index (κ1) is 26.0. The Bertz CT molecular complexity index is 832. The molecule has 1 aliphatic heterocycles. The Morgan fingerprint density at radius 3 is 2.19 bits per heavy atom. The van der Waals surface area contributed by atoms with E-state index < -0.39 is 23.5 Å². The third-order valence-corrected chi connectivity index (χ3v) is 6.88. The second-order valence-corrected chi connectivity index (χ2v) is 9.49. The highest BCUT2D eigenvalue weighted by Gasteiger charge is 2.51. The number of nitrogens with one attached hydrogen (secondary N) is 1. The largest absolute Gasteiger partial charge is 0.490 e. The van der Waals surface area contributed by atoms with E-state index in [1.165, 1.54) is 10.8 Å². The van der Waals surface area contributed by atoms with Crippen molar-refractivity contribution in [3.8, 4) is 11.5 Å². The van der Waals surface area contributed by atoms with Gasteiger partial charge in [0, 0.05) is 18.1 Å². The smallest absolute Gasteiger partial charge is 0.486 e. The van der Waals surface area contributed by atoms with Crippen molar-refractivity contribution in [3.63, 3.8) is 0 Å². The first-order valence-corrected chi connectivity index (χ1v) is 12.0. The minimum Gasteiger partial charge on any atom is -0.486 e. The van der Waals surface area contributed by atoms with E-state index >= 15 is 0 Å². The van der Waals surface area contributed by atoms with Crippen molar-refractivity contribution in [2.45, 2.75) is 30.9 Å². The summed E-state index contributed by atoms with van der Waals surface area (Å²) in [4.78, 5) is 31.9. The molecule has 0 atom stereocenters. The molecule has 1 aromatic carbocycles. The Morgan fingerprint density at radius 1 is 1.03 bits per heavy atom. The number of hydrogen-bond acceptors (Lipinski definition) is 7. The van der Waals surface area contributed by atoms with E-state index in [2.05, 4.69) is 5.32 Å². The lowest BCUT2D eigenvalue weighted by molar-refractivity contribution is -0.192. The van der Waals surface area contributed by atoms with Gasteiger partial charge in [0.15, 0.2) is 11.5 Å². The zero-order valence-electron chi connectivity index (χ0n) is 16.8. The predicted octanol–water partition coefficient (Wildman–Crippen LogP) is 3.10. The maximum Gasteiger partial charge on any atom is 0.490 e. The number of hydrogen-bond donors (Lipinski definition) is 3. The number of halogens is 3. The zero-order chi connectivity index (χ0) is 23.8. The highest BCUT2D eigenvalue weighted by molar-refractivity contribution is 8.76. The normalized spacial score (nSPS) is 15.7. The number of carboxylic acid groups (broad SMARTS) is 2. The van der Waals surface area contributed by atoms with Crippen LogP contribution < -0.4 is 14.8 Å². The Morgan fingerprint density at radius 2 is 1.62 bits per heavy atom. The first-order valence-electron chi connectivity index (χ1n) is 9.51. The Labute approximate surface area is 189 Å². The fourth-order valence-corrected chi connectivity index (χ4v) is 4.62. The Kier molecular flexibility index (Phi) is 9.37. The molecule has 0 bridgehead atoms. The molecule has 0 unspecified atom stereocenters. The highest BCUT2D eigenvalue weighted by Crippen LogP contribution is 2.50. The van der Waals surface area contributed by atoms with Gasteiger partial charge in [0.1, 0.15) is 13.2 Å². The zero-order valence-corrected chi connectivity index (χ0v) is 18.4. The van der Waals surface area contributed by atoms with Crippen molar-refractivity contribution in [1.82, 2.24) is 5.32 Å². The molecule has 0 aromatic heterocycles. The fourth-order valence-electron chi connectivity index (χ4n) is 2.74. The molecule has 3 N–H and O–H groups in total. The summed E-state index contributed by atoms with van der Waals surface area (Å²) in [6.07, 6.45) is -3.23. The maximum absolute atomic E-state index is 12.6. The lowest BCUT2D eigenvalue weighted by Gasteiger charge is -2.21. The monoisotopic (exact) mass is 497 g/mol. The van der Waals surface area contributed by atoms with Gasteiger partial charge in [-0.3, -0.25) is 9.59 Å². The summed E-state index contributed by atoms with van der Waals surface area (Å²) in [5, 5.41) is 18.7. The van der Waals surface area contributed by atoms with Gasteiger partial charge < -0.3 is 25.0 Å². The molecule has 3 rings (SSSR count). The van der Waals surface area contributed by atoms with Crippen LogP contribution in [0, 0.1) is 0 Å². The molecule has 8 nitrogen and oxygen atoms in total. The number of rotatable bonds is 9. The van der Waals surface area contributed by atoms with Gasteiger partial charge in [0.25, 0.3) is 0 Å². The van der Waals surface area contributed by atoms with E-state index in [1.807, 2.05) is 18.2 Å². The molecular formula is C19H22F3NO7S2. The molecule has 1 aromatic rings. The van der Waals surface area contributed by atoms with E-state index in [0.717, 1.165) is 29.9 Å². The summed E-state index contributed by atoms with van der Waals surface area (Å²) in [6.45, 7) is 1.67. The third-order valence-electron chi connectivity index (χ3n) is 4.48. The van der Waals surface area contributed by atoms with Crippen molar-refractivity contribution in [1.29, 1.82) is 0 Å². The van der Waals surface area contributed by atoms with Crippen LogP contribution in [0.1, 0.15) is 24.8 Å². The lowest BCUT2D eigenvalue weighted by atomic mass is 9.94. The second-order valence-electron chi connectivity index (χ2n) is 6.79. The van der Waals surface area contributed by atoms with Crippen molar-refractivity contribution in [2.75, 3.05) is 31.3 Å². The average molecular weight is 498 g/mol. The van der Waals surface area contributed by atoms with Crippen LogP contribution >= 0.6 is 21.6 Å². The number of fused-ring (bicyclic) bond motifs is 1. The summed E-state index contributed by atoms with van der Waals surface area (Å²) in [5.74, 6) is -0.694. The van der Waals surface area contributed by atoms with Crippen LogP contribution in [-0.2, 0) is 19.8 Å². The van der Waals surface area contributed by atoms with Gasteiger partial charge in [-0.1, -0.05) is 27.7 Å². The van der Waals surface area contributed by atoms with Crippen molar-refractivity contribution < 1.29 is 47.2 Å². The molecule has 1 fully saturated rings. The van der Waals surface area contributed by atoms with Gasteiger partial charge in [0.2, 0.25) is 5.91 Å². The number of carbonyl (C=O) groups excluding carboxylic acids is 1. The summed E-state index contributed by atoms with van der Waals surface area (Å²) >= 11 is 0. The number of benzene rings is 1. The molecule has 1 amide bonds. The quantitative estimate of drug-likeness (QED) is 0.349. The lowest BCUT2D eigenvalue weighted by Crippen LogP contribution is -2.36. The number of carbonyl (C=O) groups is 3. The average Bonchev–Trinajstić information content (AvgIpc) is 3.54. The first-order chi connectivity index (χ1) is 15.1. The van der Waals surface area contributed by atoms with E-state index in [1.54, 1.807) is 10.8 Å². The topological polar surface area (TPSA) is 122 Å². The van der Waals surface area contributed by atoms with E-state index in [4.69, 9.17) is 24.5 Å². The molecule has 1 saturated carbocycles.